The van der Waals surface area contributed by atoms with Gasteiger partial charge in [0.1, 0.15) is 0 Å². The lowest BCUT2D eigenvalue weighted by molar-refractivity contribution is 0.112. The van der Waals surface area contributed by atoms with Crippen molar-refractivity contribution in [1.82, 2.24) is 9.78 Å². The standard InChI is InChI=1S/C16H17ClN2O/c1-3-6-12(2)16-14(11-20)10-19(18-16)9-13-7-4-5-8-15(13)17/h3-5,7-8,10-12H,1,6,9H2,2H3. The highest BCUT2D eigenvalue weighted by atomic mass is 35.5. The molecule has 0 saturated heterocycles. The zero-order valence-corrected chi connectivity index (χ0v) is 12.2. The van der Waals surface area contributed by atoms with Crippen LogP contribution in [-0.4, -0.2) is 16.1 Å². The molecule has 1 unspecified atom stereocenters. The van der Waals surface area contributed by atoms with Crippen molar-refractivity contribution in [1.29, 1.82) is 0 Å². The molecule has 0 saturated carbocycles. The Morgan fingerprint density at radius 1 is 1.45 bits per heavy atom. The number of hydrogen-bond acceptors (Lipinski definition) is 2. The first kappa shape index (κ1) is 14.5. The van der Waals surface area contributed by atoms with E-state index in [0.717, 1.165) is 24.0 Å². The number of carbonyl (C=O) groups is 1. The Balaban J connectivity index is 2.28. The average molecular weight is 289 g/mol. The van der Waals surface area contributed by atoms with Crippen molar-refractivity contribution < 1.29 is 4.79 Å². The Morgan fingerprint density at radius 2 is 2.20 bits per heavy atom. The van der Waals surface area contributed by atoms with Gasteiger partial charge in [-0.3, -0.25) is 9.48 Å². The van der Waals surface area contributed by atoms with Crippen molar-refractivity contribution in [2.45, 2.75) is 25.8 Å². The van der Waals surface area contributed by atoms with Crippen LogP contribution in [0.15, 0.2) is 43.1 Å². The second kappa shape index (κ2) is 6.53. The number of nitrogens with zero attached hydrogens (tertiary/aromatic N) is 2. The third kappa shape index (κ3) is 3.17. The molecule has 0 spiro atoms. The molecule has 0 fully saturated rings. The highest BCUT2D eigenvalue weighted by Crippen LogP contribution is 2.22. The summed E-state index contributed by atoms with van der Waals surface area (Å²) in [4.78, 5) is 11.2. The van der Waals surface area contributed by atoms with Crippen molar-refractivity contribution in [3.63, 3.8) is 0 Å². The zero-order chi connectivity index (χ0) is 14.5. The molecule has 104 valence electrons. The van der Waals surface area contributed by atoms with Gasteiger partial charge in [-0.25, -0.2) is 0 Å². The maximum Gasteiger partial charge on any atom is 0.153 e. The zero-order valence-electron chi connectivity index (χ0n) is 11.4. The van der Waals surface area contributed by atoms with E-state index in [1.54, 1.807) is 10.9 Å². The summed E-state index contributed by atoms with van der Waals surface area (Å²) in [7, 11) is 0. The molecule has 0 aliphatic heterocycles. The molecule has 0 aliphatic rings. The maximum absolute atomic E-state index is 11.2. The smallest absolute Gasteiger partial charge is 0.153 e. The molecule has 0 bridgehead atoms. The van der Waals surface area contributed by atoms with E-state index < -0.39 is 0 Å². The van der Waals surface area contributed by atoms with Crippen LogP contribution in [0.2, 0.25) is 5.02 Å². The normalized spacial score (nSPS) is 12.1. The minimum Gasteiger partial charge on any atom is -0.298 e. The number of carbonyl (C=O) groups excluding carboxylic acids is 1. The van der Waals surface area contributed by atoms with E-state index in [2.05, 4.69) is 11.7 Å². The van der Waals surface area contributed by atoms with Gasteiger partial charge in [-0.15, -0.1) is 6.58 Å². The highest BCUT2D eigenvalue weighted by Gasteiger charge is 2.14. The minimum atomic E-state index is 0.181. The first-order chi connectivity index (χ1) is 9.65. The molecule has 4 heteroatoms. The lowest BCUT2D eigenvalue weighted by Gasteiger charge is -2.06. The summed E-state index contributed by atoms with van der Waals surface area (Å²) in [5, 5.41) is 5.22. The van der Waals surface area contributed by atoms with Gasteiger partial charge in [-0.1, -0.05) is 42.8 Å². The lowest BCUT2D eigenvalue weighted by atomic mass is 10.0. The third-order valence-corrected chi connectivity index (χ3v) is 3.59. The summed E-state index contributed by atoms with van der Waals surface area (Å²) in [5.41, 5.74) is 2.43. The van der Waals surface area contributed by atoms with Crippen LogP contribution in [0, 0.1) is 0 Å². The lowest BCUT2D eigenvalue weighted by Crippen LogP contribution is -2.03. The maximum atomic E-state index is 11.2. The second-order valence-corrected chi connectivity index (χ2v) is 5.21. The van der Waals surface area contributed by atoms with E-state index >= 15 is 0 Å². The van der Waals surface area contributed by atoms with Gasteiger partial charge in [0.2, 0.25) is 0 Å². The summed E-state index contributed by atoms with van der Waals surface area (Å²) in [6.45, 7) is 6.32. The van der Waals surface area contributed by atoms with E-state index in [9.17, 15) is 4.79 Å². The molecule has 1 aromatic heterocycles. The molecule has 0 radical (unpaired) electrons. The third-order valence-electron chi connectivity index (χ3n) is 3.22. The van der Waals surface area contributed by atoms with Gasteiger partial charge < -0.3 is 0 Å². The van der Waals surface area contributed by atoms with Crippen molar-refractivity contribution in [2.24, 2.45) is 0 Å². The SMILES string of the molecule is C=CCC(C)c1nn(Cc2ccccc2Cl)cc1C=O. The van der Waals surface area contributed by atoms with Gasteiger partial charge in [0, 0.05) is 17.1 Å². The van der Waals surface area contributed by atoms with E-state index in [1.165, 1.54) is 0 Å². The molecular weight excluding hydrogens is 272 g/mol. The Labute approximate surface area is 123 Å². The summed E-state index contributed by atoms with van der Waals surface area (Å²) in [6, 6.07) is 7.63. The summed E-state index contributed by atoms with van der Waals surface area (Å²) >= 11 is 6.14. The fraction of sp³-hybridized carbons (Fsp3) is 0.250. The van der Waals surface area contributed by atoms with E-state index in [-0.39, 0.29) is 5.92 Å². The average Bonchev–Trinajstić information content (AvgIpc) is 2.85. The molecule has 0 N–H and O–H groups in total. The first-order valence-corrected chi connectivity index (χ1v) is 6.90. The molecule has 0 aliphatic carbocycles. The number of allylic oxidation sites excluding steroid dienone is 1. The van der Waals surface area contributed by atoms with Gasteiger partial charge in [0.25, 0.3) is 0 Å². The highest BCUT2D eigenvalue weighted by molar-refractivity contribution is 6.31. The van der Waals surface area contributed by atoms with Crippen LogP contribution >= 0.6 is 11.6 Å². The number of benzene rings is 1. The summed E-state index contributed by atoms with van der Waals surface area (Å²) < 4.78 is 1.76. The van der Waals surface area contributed by atoms with Crippen LogP contribution in [0.5, 0.6) is 0 Å². The van der Waals surface area contributed by atoms with E-state index in [0.29, 0.717) is 17.1 Å². The Hall–Kier alpha value is -1.87. The molecule has 1 aromatic carbocycles. The van der Waals surface area contributed by atoms with Crippen molar-refractivity contribution in [3.8, 4) is 0 Å². The molecule has 1 atom stereocenters. The van der Waals surface area contributed by atoms with E-state index in [1.807, 2.05) is 37.3 Å². The van der Waals surface area contributed by atoms with Crippen molar-refractivity contribution in [2.75, 3.05) is 0 Å². The first-order valence-electron chi connectivity index (χ1n) is 6.52. The number of rotatable bonds is 6. The Kier molecular flexibility index (Phi) is 4.74. The van der Waals surface area contributed by atoms with Crippen LogP contribution in [0.25, 0.3) is 0 Å². The fourth-order valence-electron chi connectivity index (χ4n) is 2.17. The van der Waals surface area contributed by atoms with Crippen molar-refractivity contribution in [3.05, 3.63) is 65.0 Å². The number of hydrogen-bond donors (Lipinski definition) is 0. The summed E-state index contributed by atoms with van der Waals surface area (Å²) in [6.07, 6.45) is 5.26. The molecular formula is C16H17ClN2O. The summed E-state index contributed by atoms with van der Waals surface area (Å²) in [5.74, 6) is 0.181. The molecule has 3 nitrogen and oxygen atoms in total. The van der Waals surface area contributed by atoms with Gasteiger partial charge in [0.15, 0.2) is 6.29 Å². The predicted molar refractivity (Wildman–Crippen MR) is 81.4 cm³/mol. The van der Waals surface area contributed by atoms with Crippen LogP contribution in [0.1, 0.15) is 40.9 Å². The van der Waals surface area contributed by atoms with Crippen molar-refractivity contribution >= 4 is 17.9 Å². The van der Waals surface area contributed by atoms with Crippen LogP contribution in [-0.2, 0) is 6.54 Å². The molecule has 20 heavy (non-hydrogen) atoms. The molecule has 0 amide bonds. The van der Waals surface area contributed by atoms with Gasteiger partial charge in [0.05, 0.1) is 17.8 Å². The fourth-order valence-corrected chi connectivity index (χ4v) is 2.36. The van der Waals surface area contributed by atoms with Crippen LogP contribution in [0.4, 0.5) is 0 Å². The quantitative estimate of drug-likeness (QED) is 0.593. The number of aldehydes is 1. The topological polar surface area (TPSA) is 34.9 Å². The second-order valence-electron chi connectivity index (χ2n) is 4.80. The number of halogens is 1. The van der Waals surface area contributed by atoms with Gasteiger partial charge >= 0.3 is 0 Å². The largest absolute Gasteiger partial charge is 0.298 e. The predicted octanol–water partition coefficient (Wildman–Crippen LogP) is 4.08. The van der Waals surface area contributed by atoms with Gasteiger partial charge in [-0.2, -0.15) is 5.10 Å². The number of aromatic nitrogens is 2. The van der Waals surface area contributed by atoms with Gasteiger partial charge in [-0.05, 0) is 18.1 Å². The Morgan fingerprint density at radius 3 is 2.85 bits per heavy atom. The van der Waals surface area contributed by atoms with Crippen LogP contribution < -0.4 is 0 Å². The molecule has 2 aromatic rings. The monoisotopic (exact) mass is 288 g/mol. The minimum absolute atomic E-state index is 0.181. The molecule has 2 rings (SSSR count). The molecule has 1 heterocycles. The van der Waals surface area contributed by atoms with E-state index in [4.69, 9.17) is 11.6 Å². The van der Waals surface area contributed by atoms with Crippen LogP contribution in [0.3, 0.4) is 0 Å². The Bertz CT molecular complexity index is 619.